The van der Waals surface area contributed by atoms with Crippen LogP contribution in [0, 0.1) is 0 Å². The van der Waals surface area contributed by atoms with Crippen molar-refractivity contribution in [3.63, 3.8) is 0 Å². The monoisotopic (exact) mass is 302 g/mol. The smallest absolute Gasteiger partial charge is 0.323 e. The predicted molar refractivity (Wildman–Crippen MR) is 73.8 cm³/mol. The van der Waals surface area contributed by atoms with Crippen molar-refractivity contribution in [3.8, 4) is 5.75 Å². The molecular weight excluding hydrogens is 284 g/mol. The van der Waals surface area contributed by atoms with E-state index in [9.17, 15) is 13.2 Å². The number of hydrogen-bond acceptors (Lipinski definition) is 6. The van der Waals surface area contributed by atoms with Gasteiger partial charge in [-0.05, 0) is 26.0 Å². The Morgan fingerprint density at radius 1 is 1.45 bits per heavy atom. The van der Waals surface area contributed by atoms with E-state index in [0.29, 0.717) is 5.69 Å². The molecule has 1 rings (SSSR count). The molecule has 20 heavy (non-hydrogen) atoms. The summed E-state index contributed by atoms with van der Waals surface area (Å²) in [6, 6.07) is 3.14. The number of rotatable bonds is 6. The van der Waals surface area contributed by atoms with E-state index < -0.39 is 22.0 Å². The van der Waals surface area contributed by atoms with Gasteiger partial charge in [0.05, 0.1) is 13.7 Å². The van der Waals surface area contributed by atoms with E-state index in [2.05, 4.69) is 4.72 Å². The van der Waals surface area contributed by atoms with Crippen LogP contribution in [0.1, 0.15) is 13.8 Å². The van der Waals surface area contributed by atoms with Gasteiger partial charge in [0.25, 0.3) is 0 Å². The summed E-state index contributed by atoms with van der Waals surface area (Å²) in [5, 5.41) is 0. The fourth-order valence-corrected chi connectivity index (χ4v) is 2.86. The Bertz CT molecular complexity index is 586. The summed E-state index contributed by atoms with van der Waals surface area (Å²) >= 11 is 0. The third-order valence-electron chi connectivity index (χ3n) is 2.45. The van der Waals surface area contributed by atoms with Crippen molar-refractivity contribution in [1.82, 2.24) is 4.72 Å². The fourth-order valence-electron chi connectivity index (χ4n) is 1.52. The minimum Gasteiger partial charge on any atom is -0.495 e. The molecule has 1 unspecified atom stereocenters. The van der Waals surface area contributed by atoms with Crippen LogP contribution in [0.25, 0.3) is 0 Å². The number of carbonyl (C=O) groups is 1. The molecule has 0 aromatic heterocycles. The molecule has 7 nitrogen and oxygen atoms in total. The Kier molecular flexibility index (Phi) is 5.34. The van der Waals surface area contributed by atoms with Crippen LogP contribution in [0.5, 0.6) is 5.75 Å². The Labute approximate surface area is 118 Å². The van der Waals surface area contributed by atoms with Gasteiger partial charge in [-0.1, -0.05) is 0 Å². The average molecular weight is 302 g/mol. The number of hydrogen-bond donors (Lipinski definition) is 2. The Morgan fingerprint density at radius 2 is 2.10 bits per heavy atom. The summed E-state index contributed by atoms with van der Waals surface area (Å²) in [6.45, 7) is 3.22. The molecule has 3 N–H and O–H groups in total. The third-order valence-corrected chi connectivity index (χ3v) is 4.03. The van der Waals surface area contributed by atoms with Gasteiger partial charge in [0.2, 0.25) is 10.0 Å². The molecule has 8 heteroatoms. The topological polar surface area (TPSA) is 108 Å². The first-order valence-electron chi connectivity index (χ1n) is 5.94. The van der Waals surface area contributed by atoms with E-state index in [1.165, 1.54) is 32.2 Å². The standard InChI is InChI=1S/C12H18N2O5S/c1-4-19-12(15)8(2)14-20(16,17)11-6-5-9(13)7-10(11)18-3/h5-8,14H,4,13H2,1-3H3. The van der Waals surface area contributed by atoms with E-state index in [1.54, 1.807) is 6.92 Å². The lowest BCUT2D eigenvalue weighted by molar-refractivity contribution is -0.144. The zero-order valence-electron chi connectivity index (χ0n) is 11.5. The molecule has 0 saturated heterocycles. The Hall–Kier alpha value is -1.80. The number of ether oxygens (including phenoxy) is 2. The van der Waals surface area contributed by atoms with Crippen molar-refractivity contribution in [1.29, 1.82) is 0 Å². The molecule has 0 spiro atoms. The lowest BCUT2D eigenvalue weighted by atomic mass is 10.3. The molecule has 0 radical (unpaired) electrons. The predicted octanol–water partition coefficient (Wildman–Crippen LogP) is 0.507. The van der Waals surface area contributed by atoms with Crippen LogP contribution in [0.3, 0.4) is 0 Å². The Balaban J connectivity index is 3.03. The van der Waals surface area contributed by atoms with E-state index in [4.69, 9.17) is 15.2 Å². The molecule has 0 saturated carbocycles. The second-order valence-electron chi connectivity index (χ2n) is 4.01. The molecule has 1 aromatic carbocycles. The van der Waals surface area contributed by atoms with E-state index >= 15 is 0 Å². The number of anilines is 1. The molecule has 1 atom stereocenters. The Morgan fingerprint density at radius 3 is 2.65 bits per heavy atom. The van der Waals surface area contributed by atoms with Gasteiger partial charge in [-0.15, -0.1) is 0 Å². The molecule has 1 aromatic rings. The van der Waals surface area contributed by atoms with Gasteiger partial charge in [-0.2, -0.15) is 4.72 Å². The number of esters is 1. The van der Waals surface area contributed by atoms with Gasteiger partial charge in [-0.25, -0.2) is 8.42 Å². The number of nitrogens with one attached hydrogen (secondary N) is 1. The van der Waals surface area contributed by atoms with Crippen LogP contribution >= 0.6 is 0 Å². The highest BCUT2D eigenvalue weighted by molar-refractivity contribution is 7.89. The number of benzene rings is 1. The van der Waals surface area contributed by atoms with Crippen molar-refractivity contribution in [2.75, 3.05) is 19.5 Å². The lowest BCUT2D eigenvalue weighted by Gasteiger charge is -2.15. The number of carbonyl (C=O) groups excluding carboxylic acids is 1. The minimum absolute atomic E-state index is 0.0923. The highest BCUT2D eigenvalue weighted by atomic mass is 32.2. The van der Waals surface area contributed by atoms with Crippen LogP contribution < -0.4 is 15.2 Å². The first-order valence-corrected chi connectivity index (χ1v) is 7.42. The molecule has 0 heterocycles. The van der Waals surface area contributed by atoms with Gasteiger partial charge >= 0.3 is 5.97 Å². The molecule has 0 bridgehead atoms. The maximum absolute atomic E-state index is 12.2. The lowest BCUT2D eigenvalue weighted by Crippen LogP contribution is -2.39. The van der Waals surface area contributed by atoms with Gasteiger partial charge in [0.1, 0.15) is 16.7 Å². The van der Waals surface area contributed by atoms with E-state index in [0.717, 1.165) is 0 Å². The molecule has 0 aliphatic rings. The minimum atomic E-state index is -3.91. The van der Waals surface area contributed by atoms with Gasteiger partial charge in [0, 0.05) is 11.8 Å². The highest BCUT2D eigenvalue weighted by Gasteiger charge is 2.25. The van der Waals surface area contributed by atoms with E-state index in [1.807, 2.05) is 0 Å². The largest absolute Gasteiger partial charge is 0.495 e. The summed E-state index contributed by atoms with van der Waals surface area (Å²) in [7, 11) is -2.58. The summed E-state index contributed by atoms with van der Waals surface area (Å²) in [4.78, 5) is 11.4. The molecule has 0 aliphatic carbocycles. The van der Waals surface area contributed by atoms with Crippen molar-refractivity contribution in [2.45, 2.75) is 24.8 Å². The van der Waals surface area contributed by atoms with E-state index in [-0.39, 0.29) is 17.3 Å². The highest BCUT2D eigenvalue weighted by Crippen LogP contribution is 2.26. The number of sulfonamides is 1. The summed E-state index contributed by atoms with van der Waals surface area (Å²) < 4.78 is 36.4. The molecule has 0 amide bonds. The van der Waals surface area contributed by atoms with Crippen LogP contribution in [-0.2, 0) is 19.6 Å². The zero-order chi connectivity index (χ0) is 15.3. The van der Waals surface area contributed by atoms with Crippen LogP contribution in [0.15, 0.2) is 23.1 Å². The van der Waals surface area contributed by atoms with Crippen molar-refractivity contribution < 1.29 is 22.7 Å². The average Bonchev–Trinajstić information content (AvgIpc) is 2.37. The summed E-state index contributed by atoms with van der Waals surface area (Å²) in [5.74, 6) is -0.543. The molecule has 112 valence electrons. The zero-order valence-corrected chi connectivity index (χ0v) is 12.4. The van der Waals surface area contributed by atoms with Gasteiger partial charge in [-0.3, -0.25) is 4.79 Å². The summed E-state index contributed by atoms with van der Waals surface area (Å²) in [5.41, 5.74) is 5.94. The first-order chi connectivity index (χ1) is 9.31. The maximum Gasteiger partial charge on any atom is 0.323 e. The van der Waals surface area contributed by atoms with Crippen molar-refractivity contribution >= 4 is 21.7 Å². The third kappa shape index (κ3) is 3.84. The fraction of sp³-hybridized carbons (Fsp3) is 0.417. The molecule has 0 aliphatic heterocycles. The quantitative estimate of drug-likeness (QED) is 0.585. The number of methoxy groups -OCH3 is 1. The summed E-state index contributed by atoms with van der Waals surface area (Å²) in [6.07, 6.45) is 0. The van der Waals surface area contributed by atoms with Crippen LogP contribution in [0.2, 0.25) is 0 Å². The maximum atomic E-state index is 12.2. The van der Waals surface area contributed by atoms with Gasteiger partial charge in [0.15, 0.2) is 0 Å². The van der Waals surface area contributed by atoms with Crippen LogP contribution in [0.4, 0.5) is 5.69 Å². The number of nitrogen functional groups attached to an aromatic ring is 1. The van der Waals surface area contributed by atoms with Gasteiger partial charge < -0.3 is 15.2 Å². The molecule has 0 fully saturated rings. The first kappa shape index (κ1) is 16.3. The number of nitrogens with two attached hydrogens (primary N) is 1. The molecular formula is C12H18N2O5S. The second kappa shape index (κ2) is 6.58. The van der Waals surface area contributed by atoms with Crippen molar-refractivity contribution in [2.24, 2.45) is 0 Å². The van der Waals surface area contributed by atoms with Crippen molar-refractivity contribution in [3.05, 3.63) is 18.2 Å². The normalized spacial score (nSPS) is 12.8. The second-order valence-corrected chi connectivity index (χ2v) is 5.69. The SMILES string of the molecule is CCOC(=O)C(C)NS(=O)(=O)c1ccc(N)cc1OC. The van der Waals surface area contributed by atoms with Crippen LogP contribution in [-0.4, -0.2) is 34.1 Å².